The molecule has 0 radical (unpaired) electrons. The average molecular weight is 469 g/mol. The fraction of sp³-hybridized carbons (Fsp3) is 0.750. The van der Waals surface area contributed by atoms with Gasteiger partial charge >= 0.3 is 0 Å². The van der Waals surface area contributed by atoms with Crippen molar-refractivity contribution < 1.29 is 0 Å². The zero-order chi connectivity index (χ0) is 17.4. The molecule has 0 N–H and O–H groups in total. The van der Waals surface area contributed by atoms with Crippen LogP contribution in [0.4, 0.5) is 0 Å². The summed E-state index contributed by atoms with van der Waals surface area (Å²) in [6.45, 7) is 4.49. The van der Waals surface area contributed by atoms with E-state index >= 15 is 0 Å². The molecule has 8 heteroatoms. The van der Waals surface area contributed by atoms with Crippen molar-refractivity contribution in [1.29, 1.82) is 0 Å². The van der Waals surface area contributed by atoms with Crippen LogP contribution in [0.25, 0.3) is 0 Å². The van der Waals surface area contributed by atoms with Gasteiger partial charge in [0.1, 0.15) is 0 Å². The summed E-state index contributed by atoms with van der Waals surface area (Å²) in [6, 6.07) is 0. The van der Waals surface area contributed by atoms with Crippen LogP contribution in [0.15, 0.2) is 0 Å². The van der Waals surface area contributed by atoms with E-state index in [1.165, 1.54) is 0 Å². The Balaban J connectivity index is 1.40. The smallest absolute Gasteiger partial charge is 0.0483 e. The van der Waals surface area contributed by atoms with Gasteiger partial charge < -0.3 is 0 Å². The number of rotatable bonds is 8. The molecule has 24 heavy (non-hydrogen) atoms. The lowest BCUT2D eigenvalue weighted by atomic mass is 10.1. The lowest BCUT2D eigenvalue weighted by molar-refractivity contribution is 1.15. The molecule has 6 atom stereocenters. The predicted molar refractivity (Wildman–Crippen MR) is 134 cm³/mol. The average Bonchev–Trinajstić information content (AvgIpc) is 3.45. The predicted octanol–water partition coefficient (Wildman–Crippen LogP) is 5.47. The summed E-state index contributed by atoms with van der Waals surface area (Å²) in [5.41, 5.74) is 0. The molecule has 3 aliphatic heterocycles. The zero-order valence-corrected chi connectivity index (χ0v) is 20.1. The summed E-state index contributed by atoms with van der Waals surface area (Å²) in [5.74, 6) is 2.12. The Morgan fingerprint density at radius 3 is 1.29 bits per heavy atom. The first kappa shape index (κ1) is 20.5. The second-order valence-corrected chi connectivity index (χ2v) is 14.0. The second-order valence-electron chi connectivity index (χ2n) is 6.39. The molecule has 132 valence electrons. The van der Waals surface area contributed by atoms with Gasteiger partial charge in [-0.1, -0.05) is 62.7 Å². The van der Waals surface area contributed by atoms with Crippen molar-refractivity contribution in [3.05, 3.63) is 0 Å². The van der Waals surface area contributed by atoms with Gasteiger partial charge in [-0.2, -0.15) is 23.5 Å². The summed E-state index contributed by atoms with van der Waals surface area (Å²) in [4.78, 5) is 4.59. The quantitative estimate of drug-likeness (QED) is 0.335. The number of hydrogen-bond acceptors (Lipinski definition) is 8. The van der Waals surface area contributed by atoms with Gasteiger partial charge in [0.2, 0.25) is 0 Å². The summed E-state index contributed by atoms with van der Waals surface area (Å²) in [7, 11) is 0. The molecule has 0 bridgehead atoms. The maximum atomic E-state index is 5.68. The van der Waals surface area contributed by atoms with Gasteiger partial charge in [-0.05, 0) is 0 Å². The van der Waals surface area contributed by atoms with Crippen molar-refractivity contribution in [2.75, 3.05) is 11.5 Å². The Morgan fingerprint density at radius 2 is 1.04 bits per heavy atom. The maximum Gasteiger partial charge on any atom is 0.0483 e. The molecule has 3 rings (SSSR count). The third-order valence-corrected chi connectivity index (χ3v) is 12.5. The van der Waals surface area contributed by atoms with Crippen LogP contribution in [0.2, 0.25) is 0 Å². The number of thioether (sulfide) groups is 4. The van der Waals surface area contributed by atoms with Crippen LogP contribution in [-0.4, -0.2) is 62.5 Å². The highest BCUT2D eigenvalue weighted by atomic mass is 32.2. The van der Waals surface area contributed by atoms with E-state index in [-0.39, 0.29) is 0 Å². The van der Waals surface area contributed by atoms with Crippen LogP contribution >= 0.6 is 95.9 Å². The van der Waals surface area contributed by atoms with E-state index in [4.69, 9.17) is 48.9 Å². The highest BCUT2D eigenvalue weighted by Gasteiger charge is 2.39. The Bertz CT molecular complexity index is 512. The summed E-state index contributed by atoms with van der Waals surface area (Å²) < 4.78 is 0. The molecule has 0 aliphatic carbocycles. The van der Waals surface area contributed by atoms with Crippen molar-refractivity contribution in [3.8, 4) is 0 Å². The zero-order valence-electron chi connectivity index (χ0n) is 13.6. The van der Waals surface area contributed by atoms with E-state index in [0.29, 0.717) is 31.5 Å². The molecule has 0 aromatic rings. The fourth-order valence-corrected chi connectivity index (χ4v) is 9.74. The topological polar surface area (TPSA) is 0 Å². The molecule has 0 nitrogen and oxygen atoms in total. The van der Waals surface area contributed by atoms with Gasteiger partial charge in [0, 0.05) is 75.3 Å². The van der Waals surface area contributed by atoms with Gasteiger partial charge in [0.25, 0.3) is 0 Å². The monoisotopic (exact) mass is 468 g/mol. The Labute approximate surface area is 183 Å². The minimum Gasteiger partial charge on any atom is -0.151 e. The first-order valence-corrected chi connectivity index (χ1v) is 13.6. The number of hydrogen-bond donors (Lipinski definition) is 0. The molecule has 3 saturated heterocycles. The van der Waals surface area contributed by atoms with Gasteiger partial charge in [-0.25, -0.2) is 0 Å². The van der Waals surface area contributed by atoms with Gasteiger partial charge in [0.05, 0.1) is 0 Å². The van der Waals surface area contributed by atoms with Crippen molar-refractivity contribution >= 4 is 115 Å². The van der Waals surface area contributed by atoms with Crippen molar-refractivity contribution in [3.63, 3.8) is 0 Å². The SMILES string of the molecule is CC1SC1C(=S)CC(=S)C1CSC(C(=S)CC(=S)C2SC2C)CS1. The lowest BCUT2D eigenvalue weighted by Gasteiger charge is -2.29. The van der Waals surface area contributed by atoms with Gasteiger partial charge in [-0.15, -0.1) is 23.5 Å². The molecule has 3 aliphatic rings. The third-order valence-electron chi connectivity index (χ3n) is 4.37. The lowest BCUT2D eigenvalue weighted by Crippen LogP contribution is -2.33. The van der Waals surface area contributed by atoms with Gasteiger partial charge in [0.15, 0.2) is 0 Å². The van der Waals surface area contributed by atoms with Crippen molar-refractivity contribution in [2.45, 2.75) is 58.2 Å². The molecule has 0 amide bonds. The molecular weight excluding hydrogens is 449 g/mol. The standard InChI is InChI=1S/C16H20S8/c1-7-15(23-7)11(19)3-9(17)13-5-22-14(6-21-13)10(18)4-12(20)16-8(2)24-16/h7-8,13-16H,3-6H2,1-2H3. The number of thiocarbonyl (C=S) groups is 4. The molecule has 3 heterocycles. The van der Waals surface area contributed by atoms with Gasteiger partial charge in [-0.3, -0.25) is 0 Å². The molecule has 6 unspecified atom stereocenters. The second kappa shape index (κ2) is 8.84. The largest absolute Gasteiger partial charge is 0.151 e. The highest BCUT2D eigenvalue weighted by molar-refractivity contribution is 8.10. The molecule has 0 spiro atoms. The first-order chi connectivity index (χ1) is 11.4. The van der Waals surface area contributed by atoms with Crippen LogP contribution in [0.3, 0.4) is 0 Å². The third kappa shape index (κ3) is 5.40. The Morgan fingerprint density at radius 1 is 0.708 bits per heavy atom. The van der Waals surface area contributed by atoms with Crippen LogP contribution in [0, 0.1) is 0 Å². The normalized spacial score (nSPS) is 37.6. The van der Waals surface area contributed by atoms with E-state index in [2.05, 4.69) is 13.8 Å². The minimum absolute atomic E-state index is 0.451. The molecule has 0 saturated carbocycles. The maximum absolute atomic E-state index is 5.68. The summed E-state index contributed by atoms with van der Waals surface area (Å²) >= 11 is 30.3. The van der Waals surface area contributed by atoms with Crippen LogP contribution in [0.5, 0.6) is 0 Å². The minimum atomic E-state index is 0.451. The Kier molecular flexibility index (Phi) is 7.55. The van der Waals surface area contributed by atoms with Crippen LogP contribution < -0.4 is 0 Å². The molecule has 0 aromatic carbocycles. The van der Waals surface area contributed by atoms with Crippen molar-refractivity contribution in [2.24, 2.45) is 0 Å². The van der Waals surface area contributed by atoms with E-state index in [0.717, 1.165) is 43.8 Å². The van der Waals surface area contributed by atoms with E-state index in [9.17, 15) is 0 Å². The van der Waals surface area contributed by atoms with Crippen LogP contribution in [-0.2, 0) is 0 Å². The molecule has 0 aromatic heterocycles. The summed E-state index contributed by atoms with van der Waals surface area (Å²) in [6.07, 6.45) is 1.70. The molecular formula is C16H20S8. The highest BCUT2D eigenvalue weighted by Crippen LogP contribution is 2.44. The van der Waals surface area contributed by atoms with Crippen LogP contribution in [0.1, 0.15) is 26.7 Å². The first-order valence-electron chi connectivity index (χ1n) is 8.01. The van der Waals surface area contributed by atoms with E-state index in [1.54, 1.807) is 0 Å². The van der Waals surface area contributed by atoms with Crippen molar-refractivity contribution in [1.82, 2.24) is 0 Å². The van der Waals surface area contributed by atoms with E-state index in [1.807, 2.05) is 47.0 Å². The van der Waals surface area contributed by atoms with E-state index < -0.39 is 0 Å². The molecule has 3 fully saturated rings. The fourth-order valence-electron chi connectivity index (χ4n) is 2.69. The Hall–Kier alpha value is 1.76. The summed E-state index contributed by atoms with van der Waals surface area (Å²) in [5, 5.41) is 3.45.